The number of nitro groups is 1. The van der Waals surface area contributed by atoms with Gasteiger partial charge in [0.05, 0.1) is 11.5 Å². The fourth-order valence-electron chi connectivity index (χ4n) is 1.48. The molecule has 0 unspecified atom stereocenters. The Hall–Kier alpha value is -1.10. The molecule has 1 aromatic carbocycles. The van der Waals surface area contributed by atoms with Crippen LogP contribution in [0.25, 0.3) is 0 Å². The van der Waals surface area contributed by atoms with Gasteiger partial charge in [-0.2, -0.15) is 0 Å². The lowest BCUT2D eigenvalue weighted by Crippen LogP contribution is -2.01. The van der Waals surface area contributed by atoms with Crippen LogP contribution in [0.1, 0.15) is 18.9 Å². The Morgan fingerprint density at radius 2 is 2.25 bits per heavy atom. The first-order valence-corrected chi connectivity index (χ1v) is 6.27. The molecule has 0 saturated carbocycles. The molecule has 88 valence electrons. The zero-order chi connectivity index (χ0) is 12.0. The van der Waals surface area contributed by atoms with Gasteiger partial charge in [0.15, 0.2) is 5.75 Å². The third-order valence-corrected chi connectivity index (χ3v) is 2.70. The number of hydrogen-bond donors (Lipinski definition) is 0. The van der Waals surface area contributed by atoms with Crippen LogP contribution in [0.4, 0.5) is 5.69 Å². The fraction of sp³-hybridized carbons (Fsp3) is 0.455. The number of hydrogen-bond acceptors (Lipinski definition) is 3. The molecule has 0 saturated heterocycles. The average Bonchev–Trinajstić information content (AvgIpc) is 2.27. The first-order valence-electron chi connectivity index (χ1n) is 5.15. The number of para-hydroxylation sites is 1. The average molecular weight is 288 g/mol. The molecule has 0 spiro atoms. The first kappa shape index (κ1) is 13.0. The lowest BCUT2D eigenvalue weighted by atomic mass is 10.1. The van der Waals surface area contributed by atoms with E-state index in [-0.39, 0.29) is 5.69 Å². The summed E-state index contributed by atoms with van der Waals surface area (Å²) in [5, 5.41) is 11.7. The third-order valence-electron chi connectivity index (χ3n) is 2.14. The highest BCUT2D eigenvalue weighted by atomic mass is 79.9. The van der Waals surface area contributed by atoms with Crippen molar-refractivity contribution in [3.8, 4) is 5.75 Å². The molecule has 5 heteroatoms. The molecule has 0 aliphatic heterocycles. The number of aryl methyl sites for hydroxylation is 1. The Bertz CT molecular complexity index is 368. The molecule has 16 heavy (non-hydrogen) atoms. The van der Waals surface area contributed by atoms with Gasteiger partial charge in [-0.15, -0.1) is 0 Å². The minimum absolute atomic E-state index is 0.0499. The zero-order valence-electron chi connectivity index (χ0n) is 9.11. The van der Waals surface area contributed by atoms with Crippen LogP contribution in [0.3, 0.4) is 0 Å². The number of benzene rings is 1. The van der Waals surface area contributed by atoms with Crippen LogP contribution in [0.5, 0.6) is 5.75 Å². The van der Waals surface area contributed by atoms with E-state index in [1.807, 2.05) is 13.0 Å². The van der Waals surface area contributed by atoms with Crippen LogP contribution in [0.15, 0.2) is 18.2 Å². The second-order valence-electron chi connectivity index (χ2n) is 3.25. The van der Waals surface area contributed by atoms with E-state index < -0.39 is 4.92 Å². The first-order chi connectivity index (χ1) is 7.70. The van der Waals surface area contributed by atoms with Crippen LogP contribution in [-0.4, -0.2) is 16.9 Å². The van der Waals surface area contributed by atoms with Gasteiger partial charge in [-0.3, -0.25) is 10.1 Å². The van der Waals surface area contributed by atoms with Crippen LogP contribution in [0, 0.1) is 10.1 Å². The molecule has 0 radical (unpaired) electrons. The van der Waals surface area contributed by atoms with Crippen molar-refractivity contribution < 1.29 is 9.66 Å². The number of nitro benzene ring substituents is 1. The predicted octanol–water partition coefficient (Wildman–Crippen LogP) is 3.32. The molecular formula is C11H14BrNO3. The van der Waals surface area contributed by atoms with Crippen LogP contribution in [0.2, 0.25) is 0 Å². The number of alkyl halides is 1. The van der Waals surface area contributed by atoms with Gasteiger partial charge in [0.25, 0.3) is 0 Å². The highest BCUT2D eigenvalue weighted by molar-refractivity contribution is 9.09. The lowest BCUT2D eigenvalue weighted by molar-refractivity contribution is -0.385. The molecule has 0 bridgehead atoms. The maximum Gasteiger partial charge on any atom is 0.311 e. The van der Waals surface area contributed by atoms with E-state index in [9.17, 15) is 10.1 Å². The van der Waals surface area contributed by atoms with Crippen molar-refractivity contribution in [2.75, 3.05) is 11.9 Å². The highest BCUT2D eigenvalue weighted by Crippen LogP contribution is 2.31. The fourth-order valence-corrected chi connectivity index (χ4v) is 1.76. The maximum atomic E-state index is 10.8. The van der Waals surface area contributed by atoms with E-state index in [0.717, 1.165) is 23.7 Å². The van der Waals surface area contributed by atoms with E-state index in [1.165, 1.54) is 6.07 Å². The number of halogens is 1. The standard InChI is InChI=1S/C11H14BrNO3/c1-2-16-11-9(6-4-8-12)5-3-7-10(11)13(14)15/h3,5,7H,2,4,6,8H2,1H3. The van der Waals surface area contributed by atoms with Crippen molar-refractivity contribution in [3.05, 3.63) is 33.9 Å². The SMILES string of the molecule is CCOc1c(CCCBr)cccc1[N+](=O)[O-]. The summed E-state index contributed by atoms with van der Waals surface area (Å²) in [6.07, 6.45) is 1.71. The summed E-state index contributed by atoms with van der Waals surface area (Å²) in [4.78, 5) is 10.4. The number of ether oxygens (including phenoxy) is 1. The molecular weight excluding hydrogens is 274 g/mol. The quantitative estimate of drug-likeness (QED) is 0.458. The number of rotatable bonds is 6. The Balaban J connectivity index is 3.05. The van der Waals surface area contributed by atoms with Crippen molar-refractivity contribution >= 4 is 21.6 Å². The Morgan fingerprint density at radius 3 is 2.81 bits per heavy atom. The summed E-state index contributed by atoms with van der Waals surface area (Å²) in [6, 6.07) is 5.05. The molecule has 0 atom stereocenters. The predicted molar refractivity (Wildman–Crippen MR) is 66.4 cm³/mol. The van der Waals surface area contributed by atoms with E-state index in [1.54, 1.807) is 6.07 Å². The molecule has 4 nitrogen and oxygen atoms in total. The Morgan fingerprint density at radius 1 is 1.50 bits per heavy atom. The van der Waals surface area contributed by atoms with Crippen LogP contribution < -0.4 is 4.74 Å². The summed E-state index contributed by atoms with van der Waals surface area (Å²) < 4.78 is 5.37. The Kier molecular flexibility index (Phi) is 5.25. The summed E-state index contributed by atoms with van der Waals surface area (Å²) in [6.45, 7) is 2.26. The molecule has 0 fully saturated rings. The Labute approximate surface area is 103 Å². The molecule has 0 N–H and O–H groups in total. The molecule has 1 rings (SSSR count). The molecule has 0 aromatic heterocycles. The maximum absolute atomic E-state index is 10.8. The van der Waals surface area contributed by atoms with Gasteiger partial charge in [0.2, 0.25) is 0 Å². The van der Waals surface area contributed by atoms with Crippen molar-refractivity contribution in [2.24, 2.45) is 0 Å². The number of nitrogens with zero attached hydrogens (tertiary/aromatic N) is 1. The van der Waals surface area contributed by atoms with Crippen LogP contribution in [-0.2, 0) is 6.42 Å². The zero-order valence-corrected chi connectivity index (χ0v) is 10.7. The minimum atomic E-state index is -0.400. The third kappa shape index (κ3) is 3.20. The second-order valence-corrected chi connectivity index (χ2v) is 4.04. The molecule has 0 aliphatic carbocycles. The second kappa shape index (κ2) is 6.48. The van der Waals surface area contributed by atoms with E-state index >= 15 is 0 Å². The van der Waals surface area contributed by atoms with E-state index in [2.05, 4.69) is 15.9 Å². The summed E-state index contributed by atoms with van der Waals surface area (Å²) in [5.41, 5.74) is 0.949. The van der Waals surface area contributed by atoms with Gasteiger partial charge >= 0.3 is 5.69 Å². The van der Waals surface area contributed by atoms with Gasteiger partial charge in [-0.25, -0.2) is 0 Å². The minimum Gasteiger partial charge on any atom is -0.487 e. The highest BCUT2D eigenvalue weighted by Gasteiger charge is 2.17. The monoisotopic (exact) mass is 287 g/mol. The largest absolute Gasteiger partial charge is 0.487 e. The van der Waals surface area contributed by atoms with E-state index in [4.69, 9.17) is 4.74 Å². The molecule has 0 heterocycles. The summed E-state index contributed by atoms with van der Waals surface area (Å²) >= 11 is 3.34. The van der Waals surface area contributed by atoms with Gasteiger partial charge in [-0.1, -0.05) is 28.1 Å². The molecule has 0 aliphatic rings. The van der Waals surface area contributed by atoms with Gasteiger partial charge in [0.1, 0.15) is 0 Å². The van der Waals surface area contributed by atoms with Gasteiger partial charge < -0.3 is 4.74 Å². The lowest BCUT2D eigenvalue weighted by Gasteiger charge is -2.09. The topological polar surface area (TPSA) is 52.4 Å². The van der Waals surface area contributed by atoms with Crippen molar-refractivity contribution in [1.29, 1.82) is 0 Å². The molecule has 0 amide bonds. The summed E-state index contributed by atoms with van der Waals surface area (Å²) in [7, 11) is 0. The van der Waals surface area contributed by atoms with Crippen LogP contribution >= 0.6 is 15.9 Å². The molecule has 1 aromatic rings. The van der Waals surface area contributed by atoms with Crippen molar-refractivity contribution in [3.63, 3.8) is 0 Å². The van der Waals surface area contributed by atoms with E-state index in [0.29, 0.717) is 12.4 Å². The smallest absolute Gasteiger partial charge is 0.311 e. The normalized spacial score (nSPS) is 10.1. The summed E-state index contributed by atoms with van der Waals surface area (Å²) in [5.74, 6) is 0.413. The van der Waals surface area contributed by atoms with Crippen molar-refractivity contribution in [2.45, 2.75) is 19.8 Å². The van der Waals surface area contributed by atoms with Gasteiger partial charge in [0, 0.05) is 17.0 Å². The van der Waals surface area contributed by atoms with Gasteiger partial charge in [-0.05, 0) is 19.8 Å². The van der Waals surface area contributed by atoms with Crippen molar-refractivity contribution in [1.82, 2.24) is 0 Å².